The van der Waals surface area contributed by atoms with E-state index in [4.69, 9.17) is 4.74 Å². The topological polar surface area (TPSA) is 56.1 Å². The lowest BCUT2D eigenvalue weighted by molar-refractivity contribution is 0.283. The number of halogens is 3. The third-order valence-corrected chi connectivity index (χ3v) is 5.24. The quantitative estimate of drug-likeness (QED) is 0.644. The highest BCUT2D eigenvalue weighted by molar-refractivity contribution is 9.10. The molecule has 2 heterocycles. The first-order valence-corrected chi connectivity index (χ1v) is 9.48. The van der Waals surface area contributed by atoms with Gasteiger partial charge in [0, 0.05) is 23.9 Å². The Balaban J connectivity index is 1.51. The first-order valence-electron chi connectivity index (χ1n) is 8.68. The minimum absolute atomic E-state index is 0.0585. The van der Waals surface area contributed by atoms with E-state index in [-0.39, 0.29) is 28.1 Å². The van der Waals surface area contributed by atoms with Crippen LogP contribution in [0.4, 0.5) is 14.5 Å². The fraction of sp³-hybridized carbons (Fsp3) is 0.200. The Morgan fingerprint density at radius 2 is 2.07 bits per heavy atom. The van der Waals surface area contributed by atoms with Gasteiger partial charge in [-0.2, -0.15) is 0 Å². The van der Waals surface area contributed by atoms with Crippen LogP contribution in [0.15, 0.2) is 52.0 Å². The molecule has 0 saturated carbocycles. The van der Waals surface area contributed by atoms with Crippen LogP contribution in [-0.2, 0) is 19.6 Å². The van der Waals surface area contributed by atoms with Crippen LogP contribution < -0.4 is 15.6 Å². The van der Waals surface area contributed by atoms with Crippen molar-refractivity contribution in [1.29, 1.82) is 0 Å². The minimum Gasteiger partial charge on any atom is -0.472 e. The molecule has 0 spiro atoms. The van der Waals surface area contributed by atoms with E-state index in [1.54, 1.807) is 0 Å². The SMILES string of the molecule is O=c1c(Br)c(OCc2ccc(F)cc2F)ncn1Cc1ccc2c(c1)CCN2. The fourth-order valence-corrected chi connectivity index (χ4v) is 3.54. The third kappa shape index (κ3) is 3.77. The number of nitrogens with zero attached hydrogens (tertiary/aromatic N) is 2. The Morgan fingerprint density at radius 3 is 2.89 bits per heavy atom. The van der Waals surface area contributed by atoms with Crippen LogP contribution in [0.2, 0.25) is 0 Å². The molecule has 0 fully saturated rings. The van der Waals surface area contributed by atoms with Gasteiger partial charge in [0.05, 0.1) is 6.54 Å². The van der Waals surface area contributed by atoms with Gasteiger partial charge >= 0.3 is 0 Å². The van der Waals surface area contributed by atoms with E-state index in [1.807, 2.05) is 12.1 Å². The summed E-state index contributed by atoms with van der Waals surface area (Å²) in [7, 11) is 0. The molecule has 0 amide bonds. The summed E-state index contributed by atoms with van der Waals surface area (Å²) in [6.07, 6.45) is 2.36. The lowest BCUT2D eigenvalue weighted by Gasteiger charge is -2.11. The van der Waals surface area contributed by atoms with Crippen LogP contribution >= 0.6 is 15.9 Å². The second kappa shape index (κ2) is 7.71. The summed E-state index contributed by atoms with van der Waals surface area (Å²) in [6, 6.07) is 9.29. The zero-order chi connectivity index (χ0) is 19.7. The third-order valence-electron chi connectivity index (χ3n) is 4.56. The van der Waals surface area contributed by atoms with Crippen LogP contribution in [0, 0.1) is 11.6 Å². The van der Waals surface area contributed by atoms with Gasteiger partial charge in [-0.05, 0) is 51.7 Å². The molecule has 2 aromatic carbocycles. The van der Waals surface area contributed by atoms with Gasteiger partial charge in [-0.3, -0.25) is 9.36 Å². The van der Waals surface area contributed by atoms with Crippen molar-refractivity contribution in [3.63, 3.8) is 0 Å². The second-order valence-electron chi connectivity index (χ2n) is 6.49. The molecule has 0 aliphatic carbocycles. The van der Waals surface area contributed by atoms with Crippen LogP contribution in [0.5, 0.6) is 5.88 Å². The molecule has 3 aromatic rings. The van der Waals surface area contributed by atoms with Crippen molar-refractivity contribution in [2.24, 2.45) is 0 Å². The molecule has 0 saturated heterocycles. The second-order valence-corrected chi connectivity index (χ2v) is 7.28. The number of rotatable bonds is 5. The summed E-state index contributed by atoms with van der Waals surface area (Å²) in [4.78, 5) is 16.8. The number of ether oxygens (including phenoxy) is 1. The maximum atomic E-state index is 13.7. The van der Waals surface area contributed by atoms with E-state index in [1.165, 1.54) is 22.5 Å². The lowest BCUT2D eigenvalue weighted by Crippen LogP contribution is -2.22. The molecular formula is C20H16BrF2N3O2. The van der Waals surface area contributed by atoms with Gasteiger partial charge in [0.2, 0.25) is 5.88 Å². The summed E-state index contributed by atoms with van der Waals surface area (Å²) < 4.78 is 33.8. The zero-order valence-corrected chi connectivity index (χ0v) is 16.3. The molecule has 1 N–H and O–H groups in total. The van der Waals surface area contributed by atoms with Crippen molar-refractivity contribution in [3.8, 4) is 5.88 Å². The first-order chi connectivity index (χ1) is 13.5. The molecule has 28 heavy (non-hydrogen) atoms. The predicted octanol–water partition coefficient (Wildman–Crippen LogP) is 3.88. The Kier molecular flexibility index (Phi) is 5.13. The molecule has 8 heteroatoms. The number of hydrogen-bond acceptors (Lipinski definition) is 4. The zero-order valence-electron chi connectivity index (χ0n) is 14.7. The highest BCUT2D eigenvalue weighted by Gasteiger charge is 2.14. The smallest absolute Gasteiger partial charge is 0.271 e. The van der Waals surface area contributed by atoms with E-state index in [0.29, 0.717) is 6.54 Å². The monoisotopic (exact) mass is 447 g/mol. The fourth-order valence-electron chi connectivity index (χ4n) is 3.10. The number of anilines is 1. The van der Waals surface area contributed by atoms with E-state index >= 15 is 0 Å². The number of benzene rings is 2. The van der Waals surface area contributed by atoms with Crippen LogP contribution in [0.1, 0.15) is 16.7 Å². The Labute approximate surface area is 168 Å². The lowest BCUT2D eigenvalue weighted by atomic mass is 10.1. The molecule has 144 valence electrons. The van der Waals surface area contributed by atoms with Crippen molar-refractivity contribution in [3.05, 3.63) is 85.9 Å². The average Bonchev–Trinajstić information content (AvgIpc) is 3.14. The number of nitrogens with one attached hydrogen (secondary N) is 1. The van der Waals surface area contributed by atoms with Gasteiger partial charge in [0.25, 0.3) is 5.56 Å². The van der Waals surface area contributed by atoms with E-state index < -0.39 is 11.6 Å². The molecule has 4 rings (SSSR count). The molecular weight excluding hydrogens is 432 g/mol. The highest BCUT2D eigenvalue weighted by Crippen LogP contribution is 2.24. The minimum atomic E-state index is -0.712. The van der Waals surface area contributed by atoms with Crippen molar-refractivity contribution in [1.82, 2.24) is 9.55 Å². The molecule has 1 aliphatic heterocycles. The molecule has 0 unspecified atom stereocenters. The van der Waals surface area contributed by atoms with Crippen molar-refractivity contribution in [2.75, 3.05) is 11.9 Å². The summed E-state index contributed by atoms with van der Waals surface area (Å²) in [5.74, 6) is -1.32. The predicted molar refractivity (Wildman–Crippen MR) is 105 cm³/mol. The van der Waals surface area contributed by atoms with Crippen LogP contribution in [0.3, 0.4) is 0 Å². The highest BCUT2D eigenvalue weighted by atomic mass is 79.9. The number of fused-ring (bicyclic) bond motifs is 1. The summed E-state index contributed by atoms with van der Waals surface area (Å²) >= 11 is 3.21. The first kappa shape index (κ1) is 18.6. The maximum absolute atomic E-state index is 13.7. The van der Waals surface area contributed by atoms with Gasteiger partial charge in [0.15, 0.2) is 0 Å². The maximum Gasteiger partial charge on any atom is 0.271 e. The molecule has 1 aromatic heterocycles. The molecule has 0 bridgehead atoms. The number of aromatic nitrogens is 2. The van der Waals surface area contributed by atoms with E-state index in [0.717, 1.165) is 36.3 Å². The summed E-state index contributed by atoms with van der Waals surface area (Å²) in [5.41, 5.74) is 3.24. The Morgan fingerprint density at radius 1 is 1.21 bits per heavy atom. The van der Waals surface area contributed by atoms with Crippen LogP contribution in [-0.4, -0.2) is 16.1 Å². The van der Waals surface area contributed by atoms with Gasteiger partial charge < -0.3 is 10.1 Å². The number of hydrogen-bond donors (Lipinski definition) is 1. The summed E-state index contributed by atoms with van der Waals surface area (Å²) in [5, 5.41) is 3.30. The molecule has 5 nitrogen and oxygen atoms in total. The van der Waals surface area contributed by atoms with Gasteiger partial charge in [-0.1, -0.05) is 12.1 Å². The molecule has 0 radical (unpaired) electrons. The average molecular weight is 448 g/mol. The van der Waals surface area contributed by atoms with Gasteiger partial charge in [-0.25, -0.2) is 13.8 Å². The van der Waals surface area contributed by atoms with Crippen molar-refractivity contribution in [2.45, 2.75) is 19.6 Å². The molecule has 0 atom stereocenters. The Bertz CT molecular complexity index is 1100. The molecule has 1 aliphatic rings. The van der Waals surface area contributed by atoms with E-state index in [9.17, 15) is 13.6 Å². The van der Waals surface area contributed by atoms with E-state index in [2.05, 4.69) is 32.3 Å². The van der Waals surface area contributed by atoms with Gasteiger partial charge in [0.1, 0.15) is 29.0 Å². The normalized spacial score (nSPS) is 12.5. The van der Waals surface area contributed by atoms with Gasteiger partial charge in [-0.15, -0.1) is 0 Å². The van der Waals surface area contributed by atoms with Crippen molar-refractivity contribution >= 4 is 21.6 Å². The van der Waals surface area contributed by atoms with Crippen molar-refractivity contribution < 1.29 is 13.5 Å². The largest absolute Gasteiger partial charge is 0.472 e. The van der Waals surface area contributed by atoms with Crippen LogP contribution in [0.25, 0.3) is 0 Å². The standard InChI is InChI=1S/C20H16BrF2N3O2/c21-18-19(28-10-14-2-3-15(22)8-16(14)23)25-11-26(20(18)27)9-12-1-4-17-13(7-12)5-6-24-17/h1-4,7-8,11,24H,5-6,9-10H2. The summed E-state index contributed by atoms with van der Waals surface area (Å²) in [6.45, 7) is 1.14. The Hall–Kier alpha value is -2.74.